The highest BCUT2D eigenvalue weighted by Crippen LogP contribution is 2.29. The largest absolute Gasteiger partial charge is 0.371 e. The van der Waals surface area contributed by atoms with Gasteiger partial charge < -0.3 is 15.1 Å². The van der Waals surface area contributed by atoms with Crippen LogP contribution in [0.1, 0.15) is 39.8 Å². The van der Waals surface area contributed by atoms with Crippen LogP contribution in [-0.4, -0.2) is 58.7 Å². The summed E-state index contributed by atoms with van der Waals surface area (Å²) in [6.07, 6.45) is 14.2. The number of amidine groups is 1. The standard InChI is InChI=1S/C26H36FN5O/c1-6-11-22(30-21-13-14-23(29-20-21)26(27,9-4)10-5)25(28-15-8-3)32-18-16-31(17-19-32)24(33)12-7-2/h6-9,11-15,20,22,30H,4,10,16-19H2,1-3,5H3/b11-6-,12-7+,15-8-,28-25?. The molecule has 0 radical (unpaired) electrons. The normalized spacial score (nSPS) is 18.2. The predicted octanol–water partition coefficient (Wildman–Crippen LogP) is 4.85. The fourth-order valence-corrected chi connectivity index (χ4v) is 3.64. The third kappa shape index (κ3) is 6.88. The van der Waals surface area contributed by atoms with Gasteiger partial charge in [0.25, 0.3) is 0 Å². The van der Waals surface area contributed by atoms with E-state index in [1.54, 1.807) is 37.5 Å². The van der Waals surface area contributed by atoms with Crippen LogP contribution in [0.25, 0.3) is 0 Å². The number of carbonyl (C=O) groups excluding carboxylic acids is 1. The van der Waals surface area contributed by atoms with Crippen molar-refractivity contribution in [1.29, 1.82) is 0 Å². The number of aliphatic imine (C=N–C) groups is 1. The molecule has 33 heavy (non-hydrogen) atoms. The first-order valence-electron chi connectivity index (χ1n) is 11.5. The lowest BCUT2D eigenvalue weighted by Gasteiger charge is -2.38. The van der Waals surface area contributed by atoms with Gasteiger partial charge >= 0.3 is 0 Å². The average molecular weight is 454 g/mol. The Balaban J connectivity index is 2.23. The Morgan fingerprint density at radius 3 is 2.42 bits per heavy atom. The second-order valence-electron chi connectivity index (χ2n) is 7.78. The van der Waals surface area contributed by atoms with E-state index in [0.717, 1.165) is 11.5 Å². The van der Waals surface area contributed by atoms with Crippen molar-refractivity contribution < 1.29 is 9.18 Å². The van der Waals surface area contributed by atoms with E-state index in [0.29, 0.717) is 31.9 Å². The summed E-state index contributed by atoms with van der Waals surface area (Å²) in [5.41, 5.74) is -0.526. The molecule has 7 heteroatoms. The average Bonchev–Trinajstić information content (AvgIpc) is 2.84. The number of hydrogen-bond acceptors (Lipinski definition) is 4. The van der Waals surface area contributed by atoms with Crippen LogP contribution in [0.5, 0.6) is 0 Å². The number of nitrogens with one attached hydrogen (secondary N) is 1. The topological polar surface area (TPSA) is 60.8 Å². The van der Waals surface area contributed by atoms with E-state index in [1.807, 2.05) is 50.0 Å². The van der Waals surface area contributed by atoms with E-state index in [-0.39, 0.29) is 18.4 Å². The van der Waals surface area contributed by atoms with Crippen LogP contribution < -0.4 is 5.32 Å². The van der Waals surface area contributed by atoms with Crippen molar-refractivity contribution in [1.82, 2.24) is 14.8 Å². The molecule has 6 nitrogen and oxygen atoms in total. The first-order valence-corrected chi connectivity index (χ1v) is 11.5. The van der Waals surface area contributed by atoms with E-state index in [2.05, 4.69) is 21.8 Å². The van der Waals surface area contributed by atoms with Crippen molar-refractivity contribution in [2.24, 2.45) is 4.99 Å². The Morgan fingerprint density at radius 1 is 1.21 bits per heavy atom. The number of piperazine rings is 1. The summed E-state index contributed by atoms with van der Waals surface area (Å²) in [5, 5.41) is 3.46. The van der Waals surface area contributed by atoms with Crippen LogP contribution in [-0.2, 0) is 10.5 Å². The molecule has 0 aromatic carbocycles. The van der Waals surface area contributed by atoms with Crippen LogP contribution in [0.4, 0.5) is 10.1 Å². The predicted molar refractivity (Wildman–Crippen MR) is 135 cm³/mol. The molecule has 0 saturated carbocycles. The summed E-state index contributed by atoms with van der Waals surface area (Å²) in [7, 11) is 0. The van der Waals surface area contributed by atoms with Crippen LogP contribution in [0.2, 0.25) is 0 Å². The molecule has 1 N–H and O–H groups in total. The molecule has 2 unspecified atom stereocenters. The zero-order chi connectivity index (χ0) is 24.3. The first kappa shape index (κ1) is 26.0. The Labute approximate surface area is 197 Å². The highest BCUT2D eigenvalue weighted by molar-refractivity contribution is 5.93. The van der Waals surface area contributed by atoms with Gasteiger partial charge in [0.2, 0.25) is 5.91 Å². The minimum atomic E-state index is -1.64. The minimum absolute atomic E-state index is 0.0360. The van der Waals surface area contributed by atoms with E-state index in [1.165, 1.54) is 6.08 Å². The fourth-order valence-electron chi connectivity index (χ4n) is 3.64. The third-order valence-corrected chi connectivity index (χ3v) is 5.59. The van der Waals surface area contributed by atoms with Crippen LogP contribution >= 0.6 is 0 Å². The van der Waals surface area contributed by atoms with Gasteiger partial charge in [-0.2, -0.15) is 0 Å². The molecule has 1 amide bonds. The lowest BCUT2D eigenvalue weighted by atomic mass is 9.98. The van der Waals surface area contributed by atoms with Gasteiger partial charge in [0.05, 0.1) is 17.6 Å². The number of nitrogens with zero attached hydrogens (tertiary/aromatic N) is 4. The highest BCUT2D eigenvalue weighted by Gasteiger charge is 2.28. The monoisotopic (exact) mass is 453 g/mol. The summed E-state index contributed by atoms with van der Waals surface area (Å²) >= 11 is 0. The van der Waals surface area contributed by atoms with Gasteiger partial charge in [-0.3, -0.25) is 9.78 Å². The number of allylic oxidation sites excluding steroid dienone is 4. The number of hydrogen-bond donors (Lipinski definition) is 1. The van der Waals surface area contributed by atoms with Crippen LogP contribution in [0.15, 0.2) is 72.6 Å². The van der Waals surface area contributed by atoms with E-state index >= 15 is 0 Å². The maximum atomic E-state index is 14.9. The van der Waals surface area contributed by atoms with Crippen molar-refractivity contribution in [3.8, 4) is 0 Å². The molecule has 2 heterocycles. The van der Waals surface area contributed by atoms with Gasteiger partial charge in [-0.05, 0) is 51.5 Å². The van der Waals surface area contributed by atoms with Crippen LogP contribution in [0.3, 0.4) is 0 Å². The third-order valence-electron chi connectivity index (χ3n) is 5.59. The number of alkyl halides is 1. The van der Waals surface area contributed by atoms with Crippen molar-refractivity contribution in [3.63, 3.8) is 0 Å². The number of aromatic nitrogens is 1. The molecule has 178 valence electrons. The summed E-state index contributed by atoms with van der Waals surface area (Å²) in [5.74, 6) is 0.891. The Hall–Kier alpha value is -3.22. The Bertz CT molecular complexity index is 898. The van der Waals surface area contributed by atoms with Gasteiger partial charge in [-0.1, -0.05) is 37.8 Å². The quantitative estimate of drug-likeness (QED) is 0.251. The maximum absolute atomic E-state index is 14.9. The number of rotatable bonds is 9. The number of carbonyl (C=O) groups is 1. The smallest absolute Gasteiger partial charge is 0.246 e. The molecule has 2 rings (SSSR count). The van der Waals surface area contributed by atoms with Crippen LogP contribution in [0, 0.1) is 0 Å². The van der Waals surface area contributed by atoms with Gasteiger partial charge in [0, 0.05) is 32.4 Å². The van der Waals surface area contributed by atoms with Gasteiger partial charge in [0.15, 0.2) is 5.67 Å². The van der Waals surface area contributed by atoms with Crippen molar-refractivity contribution >= 4 is 17.4 Å². The molecule has 1 aromatic rings. The van der Waals surface area contributed by atoms with Gasteiger partial charge in [-0.25, -0.2) is 9.38 Å². The number of halogens is 1. The molecule has 0 bridgehead atoms. The second-order valence-corrected chi connectivity index (χ2v) is 7.78. The van der Waals surface area contributed by atoms with E-state index < -0.39 is 5.67 Å². The molecule has 1 saturated heterocycles. The molecule has 0 aliphatic carbocycles. The zero-order valence-electron chi connectivity index (χ0n) is 20.2. The molecule has 1 aliphatic rings. The molecular weight excluding hydrogens is 417 g/mol. The van der Waals surface area contributed by atoms with E-state index in [9.17, 15) is 9.18 Å². The second kappa shape index (κ2) is 12.7. The molecule has 1 fully saturated rings. The number of anilines is 1. The van der Waals surface area contributed by atoms with Gasteiger partial charge in [-0.15, -0.1) is 0 Å². The van der Waals surface area contributed by atoms with E-state index in [4.69, 9.17) is 4.99 Å². The first-order chi connectivity index (χ1) is 15.9. The zero-order valence-corrected chi connectivity index (χ0v) is 20.2. The lowest BCUT2D eigenvalue weighted by Crippen LogP contribution is -2.53. The Morgan fingerprint density at radius 2 is 1.91 bits per heavy atom. The molecule has 1 aliphatic heterocycles. The van der Waals surface area contributed by atoms with Crippen molar-refractivity contribution in [2.45, 2.75) is 45.8 Å². The number of pyridine rings is 1. The lowest BCUT2D eigenvalue weighted by molar-refractivity contribution is -0.127. The molecular formula is C26H36FN5O. The molecule has 0 spiro atoms. The maximum Gasteiger partial charge on any atom is 0.246 e. The van der Waals surface area contributed by atoms with Gasteiger partial charge in [0.1, 0.15) is 11.9 Å². The van der Waals surface area contributed by atoms with Crippen molar-refractivity contribution in [2.75, 3.05) is 31.5 Å². The number of amides is 1. The molecule has 1 aromatic heterocycles. The summed E-state index contributed by atoms with van der Waals surface area (Å²) in [6.45, 7) is 13.7. The van der Waals surface area contributed by atoms with Crippen molar-refractivity contribution in [3.05, 3.63) is 73.3 Å². The minimum Gasteiger partial charge on any atom is -0.371 e. The SMILES string of the molecule is C=CC(F)(CC)c1ccc(NC(/C=C\C)C(=N/C=C\C)N2CCN(C(=O)/C=C/C)CC2)cn1. The summed E-state index contributed by atoms with van der Waals surface area (Å²) < 4.78 is 14.9. The summed E-state index contributed by atoms with van der Waals surface area (Å²) in [4.78, 5) is 25.3. The fraction of sp³-hybridized carbons (Fsp3) is 0.423. The molecule has 2 atom stereocenters. The highest BCUT2D eigenvalue weighted by atomic mass is 19.1. The summed E-state index contributed by atoms with van der Waals surface area (Å²) in [6, 6.07) is 3.31. The Kier molecular flexibility index (Phi) is 10.0.